The molecule has 1 N–H and O–H groups in total. The molecule has 0 bridgehead atoms. The summed E-state index contributed by atoms with van der Waals surface area (Å²) in [6.07, 6.45) is -0.558. The van der Waals surface area contributed by atoms with E-state index in [2.05, 4.69) is 15.1 Å². The topological polar surface area (TPSA) is 55.6 Å². The number of hydrogen-bond donors (Lipinski definition) is 1. The van der Waals surface area contributed by atoms with Crippen LogP contribution < -0.4 is 5.32 Å². The van der Waals surface area contributed by atoms with Gasteiger partial charge in [-0.05, 0) is 27.7 Å². The smallest absolute Gasteiger partial charge is 0.413 e. The van der Waals surface area contributed by atoms with Crippen molar-refractivity contribution < 1.29 is 9.53 Å². The fourth-order valence-electron chi connectivity index (χ4n) is 0.936. The van der Waals surface area contributed by atoms with E-state index in [-0.39, 0.29) is 0 Å². The van der Waals surface area contributed by atoms with E-state index in [1.807, 2.05) is 0 Å². The molecule has 1 heterocycles. The second-order valence-corrected chi connectivity index (χ2v) is 5.13. The quantitative estimate of drug-likeness (QED) is 0.764. The van der Waals surface area contributed by atoms with Crippen molar-refractivity contribution in [3.05, 3.63) is 17.1 Å². The fourth-order valence-corrected chi connectivity index (χ4v) is 1.68. The first-order valence-electron chi connectivity index (χ1n) is 4.67. The highest BCUT2D eigenvalue weighted by Crippen LogP contribution is 2.30. The van der Waals surface area contributed by atoms with E-state index in [1.54, 1.807) is 27.7 Å². The molecule has 0 unspecified atom stereocenters. The molecule has 1 aromatic heterocycles. The summed E-state index contributed by atoms with van der Waals surface area (Å²) in [4.78, 5) is 18.7. The lowest BCUT2D eigenvalue weighted by molar-refractivity contribution is 0.0636. The highest BCUT2D eigenvalue weighted by Gasteiger charge is 2.17. The summed E-state index contributed by atoms with van der Waals surface area (Å²) in [5, 5.41) is 3.36. The SMILES string of the molecule is [C-]#[N+]c1sc(NC(=O)OC(C)(C)C)nc1C. The van der Waals surface area contributed by atoms with Crippen molar-refractivity contribution in [2.75, 3.05) is 5.32 Å². The Balaban J connectivity index is 2.68. The van der Waals surface area contributed by atoms with Gasteiger partial charge in [-0.3, -0.25) is 5.32 Å². The molecule has 0 aromatic carbocycles. The number of nitrogens with zero attached hydrogens (tertiary/aromatic N) is 2. The van der Waals surface area contributed by atoms with Crippen LogP contribution in [0.25, 0.3) is 4.85 Å². The number of anilines is 1. The van der Waals surface area contributed by atoms with Crippen molar-refractivity contribution in [2.24, 2.45) is 0 Å². The Morgan fingerprint density at radius 1 is 1.56 bits per heavy atom. The van der Waals surface area contributed by atoms with Crippen molar-refractivity contribution in [1.82, 2.24) is 4.98 Å². The molecule has 0 aliphatic rings. The maximum absolute atomic E-state index is 11.4. The van der Waals surface area contributed by atoms with Gasteiger partial charge in [0, 0.05) is 0 Å². The largest absolute Gasteiger partial charge is 0.444 e. The Labute approximate surface area is 98.3 Å². The van der Waals surface area contributed by atoms with Gasteiger partial charge < -0.3 is 4.74 Å². The fraction of sp³-hybridized carbons (Fsp3) is 0.500. The Kier molecular flexibility index (Phi) is 3.50. The highest BCUT2D eigenvalue weighted by atomic mass is 32.1. The van der Waals surface area contributed by atoms with E-state index < -0.39 is 11.7 Å². The number of carbonyl (C=O) groups is 1. The van der Waals surface area contributed by atoms with E-state index in [9.17, 15) is 4.79 Å². The van der Waals surface area contributed by atoms with E-state index in [0.717, 1.165) is 11.3 Å². The van der Waals surface area contributed by atoms with Crippen LogP contribution in [0.4, 0.5) is 14.9 Å². The molecule has 0 saturated heterocycles. The Morgan fingerprint density at radius 3 is 2.62 bits per heavy atom. The van der Waals surface area contributed by atoms with Crippen LogP contribution in [-0.2, 0) is 4.74 Å². The lowest BCUT2D eigenvalue weighted by Gasteiger charge is -2.18. The summed E-state index contributed by atoms with van der Waals surface area (Å²) in [6, 6.07) is 0. The minimum Gasteiger partial charge on any atom is -0.444 e. The number of nitrogens with one attached hydrogen (secondary N) is 1. The lowest BCUT2D eigenvalue weighted by Crippen LogP contribution is -2.27. The first-order valence-corrected chi connectivity index (χ1v) is 5.48. The molecule has 5 nitrogen and oxygen atoms in total. The van der Waals surface area contributed by atoms with Gasteiger partial charge in [0.1, 0.15) is 5.60 Å². The molecule has 6 heteroatoms. The van der Waals surface area contributed by atoms with Crippen molar-refractivity contribution >= 4 is 27.6 Å². The summed E-state index contributed by atoms with van der Waals surface area (Å²) in [5.41, 5.74) is 0.0741. The molecule has 0 atom stereocenters. The van der Waals surface area contributed by atoms with E-state index in [0.29, 0.717) is 15.8 Å². The van der Waals surface area contributed by atoms with Crippen molar-refractivity contribution in [2.45, 2.75) is 33.3 Å². The minimum atomic E-state index is -0.558. The zero-order valence-electron chi connectivity index (χ0n) is 9.62. The van der Waals surface area contributed by atoms with Crippen molar-refractivity contribution in [1.29, 1.82) is 0 Å². The van der Waals surface area contributed by atoms with Gasteiger partial charge in [0.05, 0.1) is 12.3 Å². The number of aromatic nitrogens is 1. The monoisotopic (exact) mass is 239 g/mol. The standard InChI is InChI=1S/C10H13N3O2S/c1-6-7(11-5)16-8(12-6)13-9(14)15-10(2,3)4/h1-4H3,(H,12,13,14). The molecule has 0 radical (unpaired) electrons. The third kappa shape index (κ3) is 3.51. The molecule has 86 valence electrons. The number of ether oxygens (including phenoxy) is 1. The molecule has 0 spiro atoms. The Hall–Kier alpha value is -1.61. The lowest BCUT2D eigenvalue weighted by atomic mass is 10.2. The predicted molar refractivity (Wildman–Crippen MR) is 63.0 cm³/mol. The Morgan fingerprint density at radius 2 is 2.19 bits per heavy atom. The summed E-state index contributed by atoms with van der Waals surface area (Å²) < 4.78 is 5.06. The van der Waals surface area contributed by atoms with Crippen LogP contribution in [0.1, 0.15) is 26.5 Å². The molecule has 1 amide bonds. The number of rotatable bonds is 1. The number of aryl methyl sites for hydroxylation is 1. The third-order valence-corrected chi connectivity index (χ3v) is 2.45. The van der Waals surface area contributed by atoms with Gasteiger partial charge in [0.2, 0.25) is 0 Å². The third-order valence-electron chi connectivity index (χ3n) is 1.48. The first kappa shape index (κ1) is 12.5. The van der Waals surface area contributed by atoms with Gasteiger partial charge in [0.25, 0.3) is 5.00 Å². The molecule has 1 rings (SSSR count). The highest BCUT2D eigenvalue weighted by molar-refractivity contribution is 7.19. The van der Waals surface area contributed by atoms with Crippen LogP contribution in [-0.4, -0.2) is 16.7 Å². The summed E-state index contributed by atoms with van der Waals surface area (Å²) in [5.74, 6) is 0. The maximum Gasteiger partial charge on any atom is 0.413 e. The molecule has 1 aromatic rings. The normalized spacial score (nSPS) is 10.7. The van der Waals surface area contributed by atoms with Crippen molar-refractivity contribution in [3.8, 4) is 0 Å². The zero-order valence-corrected chi connectivity index (χ0v) is 10.4. The number of hydrogen-bond acceptors (Lipinski definition) is 4. The summed E-state index contributed by atoms with van der Waals surface area (Å²) >= 11 is 1.14. The van der Waals surface area contributed by atoms with Crippen LogP contribution in [0.5, 0.6) is 0 Å². The number of thiazole rings is 1. The zero-order chi connectivity index (χ0) is 12.3. The van der Waals surface area contributed by atoms with Gasteiger partial charge in [-0.15, -0.1) is 11.3 Å². The molecular weight excluding hydrogens is 226 g/mol. The van der Waals surface area contributed by atoms with Gasteiger partial charge in [-0.1, -0.05) is 0 Å². The molecule has 0 saturated carbocycles. The molecule has 0 fully saturated rings. The average Bonchev–Trinajstić information content (AvgIpc) is 2.42. The maximum atomic E-state index is 11.4. The van der Waals surface area contributed by atoms with E-state index >= 15 is 0 Å². The molecular formula is C10H13N3O2S. The molecule has 0 aliphatic carbocycles. The van der Waals surface area contributed by atoms with Gasteiger partial charge in [0.15, 0.2) is 5.13 Å². The Bertz CT molecular complexity index is 440. The van der Waals surface area contributed by atoms with Crippen LogP contribution in [0.3, 0.4) is 0 Å². The van der Waals surface area contributed by atoms with Crippen LogP contribution in [0.2, 0.25) is 0 Å². The second kappa shape index (κ2) is 4.49. The summed E-state index contributed by atoms with van der Waals surface area (Å²) in [7, 11) is 0. The van der Waals surface area contributed by atoms with E-state index in [1.165, 1.54) is 0 Å². The van der Waals surface area contributed by atoms with Crippen LogP contribution in [0.15, 0.2) is 0 Å². The van der Waals surface area contributed by atoms with Crippen molar-refractivity contribution in [3.63, 3.8) is 0 Å². The molecule has 16 heavy (non-hydrogen) atoms. The van der Waals surface area contributed by atoms with Crippen LogP contribution >= 0.6 is 11.3 Å². The minimum absolute atomic E-state index is 0.387. The summed E-state index contributed by atoms with van der Waals surface area (Å²) in [6.45, 7) is 13.9. The second-order valence-electron chi connectivity index (χ2n) is 4.15. The van der Waals surface area contributed by atoms with E-state index in [4.69, 9.17) is 11.3 Å². The van der Waals surface area contributed by atoms with Gasteiger partial charge in [-0.2, -0.15) is 0 Å². The average molecular weight is 239 g/mol. The number of carbonyl (C=O) groups excluding carboxylic acids is 1. The number of amides is 1. The molecule has 0 aliphatic heterocycles. The van der Waals surface area contributed by atoms with Gasteiger partial charge >= 0.3 is 6.09 Å². The predicted octanol–water partition coefficient (Wildman–Crippen LogP) is 3.35. The van der Waals surface area contributed by atoms with Gasteiger partial charge in [-0.25, -0.2) is 14.6 Å². The first-order chi connectivity index (χ1) is 7.31. The van der Waals surface area contributed by atoms with Crippen LogP contribution in [0, 0.1) is 13.5 Å².